The van der Waals surface area contributed by atoms with E-state index in [4.69, 9.17) is 9.97 Å². The molecule has 7 aromatic carbocycles. The van der Waals surface area contributed by atoms with Gasteiger partial charge in [-0.15, -0.1) is 0 Å². The van der Waals surface area contributed by atoms with Crippen LogP contribution in [0.25, 0.3) is 78.0 Å². The van der Waals surface area contributed by atoms with Gasteiger partial charge in [-0.1, -0.05) is 182 Å². The van der Waals surface area contributed by atoms with Gasteiger partial charge in [-0.25, -0.2) is 9.97 Å². The van der Waals surface area contributed by atoms with Crippen molar-refractivity contribution in [1.82, 2.24) is 19.9 Å². The van der Waals surface area contributed by atoms with Crippen LogP contribution < -0.4 is 15.9 Å². The van der Waals surface area contributed by atoms with Crippen LogP contribution in [0, 0.1) is 0 Å². The Hall–Kier alpha value is -7.33. The molecule has 0 atom stereocenters. The van der Waals surface area contributed by atoms with Crippen molar-refractivity contribution in [2.75, 3.05) is 0 Å². The van der Waals surface area contributed by atoms with Gasteiger partial charge in [0.2, 0.25) is 0 Å². The average Bonchev–Trinajstić information content (AvgIpc) is 3.31. The lowest BCUT2D eigenvalue weighted by molar-refractivity contribution is 0.592. The summed E-state index contributed by atoms with van der Waals surface area (Å²) in [5.74, 6) is 0.612. The Morgan fingerprint density at radius 2 is 0.741 bits per heavy atom. The van der Waals surface area contributed by atoms with Crippen LogP contribution in [0.1, 0.15) is 0 Å². The van der Waals surface area contributed by atoms with E-state index < -0.39 is 7.14 Å². The minimum atomic E-state index is -3.14. The number of aromatic nitrogens is 4. The number of pyridine rings is 2. The summed E-state index contributed by atoms with van der Waals surface area (Å²) in [6.07, 6.45) is 3.67. The minimum Gasteiger partial charge on any atom is -0.309 e. The van der Waals surface area contributed by atoms with Crippen LogP contribution in [-0.2, 0) is 4.57 Å². The molecule has 0 unspecified atom stereocenters. The van der Waals surface area contributed by atoms with Crippen molar-refractivity contribution in [2.24, 2.45) is 0 Å². The zero-order valence-electron chi connectivity index (χ0n) is 31.4. The van der Waals surface area contributed by atoms with Gasteiger partial charge in [0.05, 0.1) is 22.4 Å². The predicted molar refractivity (Wildman–Crippen MR) is 239 cm³/mol. The molecule has 0 saturated carbocycles. The fraction of sp³-hybridized carbons (Fsp3) is 0. The van der Waals surface area contributed by atoms with Gasteiger partial charge in [0.1, 0.15) is 0 Å². The first-order valence-electron chi connectivity index (χ1n) is 19.2. The highest BCUT2D eigenvalue weighted by molar-refractivity contribution is 7.85. The van der Waals surface area contributed by atoms with Gasteiger partial charge < -0.3 is 4.57 Å². The van der Waals surface area contributed by atoms with E-state index in [0.29, 0.717) is 5.82 Å². The summed E-state index contributed by atoms with van der Waals surface area (Å²) in [5, 5.41) is 4.56. The molecule has 0 aliphatic carbocycles. The Balaban J connectivity index is 1.07. The lowest BCUT2D eigenvalue weighted by Crippen LogP contribution is -2.24. The van der Waals surface area contributed by atoms with Crippen LogP contribution >= 0.6 is 7.14 Å². The predicted octanol–water partition coefficient (Wildman–Crippen LogP) is 11.5. The third-order valence-corrected chi connectivity index (χ3v) is 13.8. The monoisotopic (exact) mass is 762 g/mol. The summed E-state index contributed by atoms with van der Waals surface area (Å²) in [4.78, 5) is 19.7. The lowest BCUT2D eigenvalue weighted by Gasteiger charge is -2.20. The van der Waals surface area contributed by atoms with Gasteiger partial charge in [0.15, 0.2) is 13.0 Å². The molecule has 3 aromatic heterocycles. The second-order valence-corrected chi connectivity index (χ2v) is 17.0. The van der Waals surface area contributed by atoms with Crippen LogP contribution in [0.3, 0.4) is 0 Å². The molecule has 0 radical (unpaired) electrons. The fourth-order valence-corrected chi connectivity index (χ4v) is 10.4. The van der Waals surface area contributed by atoms with E-state index >= 15 is 4.57 Å². The maximum absolute atomic E-state index is 15.1. The molecule has 58 heavy (non-hydrogen) atoms. The smallest absolute Gasteiger partial charge is 0.171 e. The largest absolute Gasteiger partial charge is 0.309 e. The molecule has 0 fully saturated rings. The van der Waals surface area contributed by atoms with E-state index in [1.807, 2.05) is 116 Å². The molecule has 0 aliphatic rings. The SMILES string of the molecule is O=P(c1ccccc1)(c1ccccc1)c1ccc(-c2cc(-c3ccc(-c4cccc5cccnc45)cc3)nc(-c3ccc(-c4cccc5cccnc45)cc3)n2)cc1. The van der Waals surface area contributed by atoms with E-state index in [1.54, 1.807) is 0 Å². The Labute approximate surface area is 336 Å². The number of rotatable bonds is 8. The number of fused-ring (bicyclic) bond motifs is 2. The number of hydrogen-bond acceptors (Lipinski definition) is 5. The van der Waals surface area contributed by atoms with Gasteiger partial charge in [-0.2, -0.15) is 0 Å². The lowest BCUT2D eigenvalue weighted by atomic mass is 9.99. The molecule has 0 spiro atoms. The Morgan fingerprint density at radius 1 is 0.345 bits per heavy atom. The first-order chi connectivity index (χ1) is 28.6. The van der Waals surface area contributed by atoms with E-state index in [-0.39, 0.29) is 0 Å². The zero-order chi connectivity index (χ0) is 38.9. The number of nitrogens with zero attached hydrogens (tertiary/aromatic N) is 4. The van der Waals surface area contributed by atoms with Gasteiger partial charge in [-0.3, -0.25) is 9.97 Å². The highest BCUT2D eigenvalue weighted by atomic mass is 31.2. The zero-order valence-corrected chi connectivity index (χ0v) is 32.2. The van der Waals surface area contributed by atoms with Gasteiger partial charge in [0.25, 0.3) is 0 Å². The standard InChI is InChI=1S/C52H35N4OP/c57-58(43-15-3-1-4-16-43,44-17-5-2-6-18-44)45-31-29-39(30-32-45)49-35-48(38-25-21-36(22-26-38)46-19-7-11-40-13-9-33-53-50(40)46)55-52(56-49)42-27-23-37(24-28-42)47-20-8-12-41-14-10-34-54-51(41)47/h1-35H. The second kappa shape index (κ2) is 15.0. The maximum atomic E-state index is 15.1. The molecule has 0 amide bonds. The quantitative estimate of drug-likeness (QED) is 0.144. The van der Waals surface area contributed by atoms with Gasteiger partial charge in [-0.05, 0) is 29.3 Å². The van der Waals surface area contributed by atoms with Crippen molar-refractivity contribution in [3.63, 3.8) is 0 Å². The normalized spacial score (nSPS) is 11.5. The molecule has 3 heterocycles. The molecule has 0 aliphatic heterocycles. The third kappa shape index (κ3) is 6.48. The summed E-state index contributed by atoms with van der Waals surface area (Å²) < 4.78 is 15.1. The Morgan fingerprint density at radius 3 is 1.22 bits per heavy atom. The number of para-hydroxylation sites is 2. The molecule has 0 saturated heterocycles. The van der Waals surface area contributed by atoms with Crippen LogP contribution in [0.15, 0.2) is 213 Å². The van der Waals surface area contributed by atoms with Crippen molar-refractivity contribution in [1.29, 1.82) is 0 Å². The third-order valence-electron chi connectivity index (χ3n) is 10.7. The summed E-state index contributed by atoms with van der Waals surface area (Å²) in [6, 6.07) is 67.1. The topological polar surface area (TPSA) is 68.6 Å². The van der Waals surface area contributed by atoms with Crippen LogP contribution in [0.4, 0.5) is 0 Å². The van der Waals surface area contributed by atoms with Crippen molar-refractivity contribution in [3.8, 4) is 56.2 Å². The van der Waals surface area contributed by atoms with Crippen LogP contribution in [0.2, 0.25) is 0 Å². The van der Waals surface area contributed by atoms with E-state index in [0.717, 1.165) is 88.1 Å². The van der Waals surface area contributed by atoms with E-state index in [9.17, 15) is 0 Å². The first kappa shape index (κ1) is 35.1. The summed E-state index contributed by atoms with van der Waals surface area (Å²) in [6.45, 7) is 0. The van der Waals surface area contributed by atoms with Crippen molar-refractivity contribution in [2.45, 2.75) is 0 Å². The molecular weight excluding hydrogens is 728 g/mol. The molecule has 10 aromatic rings. The highest BCUT2D eigenvalue weighted by Gasteiger charge is 2.29. The highest BCUT2D eigenvalue weighted by Crippen LogP contribution is 2.43. The number of hydrogen-bond donors (Lipinski definition) is 0. The summed E-state index contributed by atoms with van der Waals surface area (Å²) in [5.41, 5.74) is 10.6. The summed E-state index contributed by atoms with van der Waals surface area (Å²) >= 11 is 0. The molecule has 5 nitrogen and oxygen atoms in total. The van der Waals surface area contributed by atoms with Crippen molar-refractivity contribution >= 4 is 44.9 Å². The minimum absolute atomic E-state index is 0.612. The second-order valence-electron chi connectivity index (χ2n) is 14.2. The van der Waals surface area contributed by atoms with E-state index in [1.165, 1.54) is 0 Å². The van der Waals surface area contributed by atoms with Gasteiger partial charge in [0, 0.05) is 66.9 Å². The number of benzene rings is 7. The molecule has 274 valence electrons. The van der Waals surface area contributed by atoms with Crippen LogP contribution in [0.5, 0.6) is 0 Å². The summed E-state index contributed by atoms with van der Waals surface area (Å²) in [7, 11) is -3.14. The van der Waals surface area contributed by atoms with E-state index in [2.05, 4.69) is 107 Å². The Kier molecular flexibility index (Phi) is 9.06. The average molecular weight is 763 g/mol. The molecule has 0 bridgehead atoms. The maximum Gasteiger partial charge on any atom is 0.171 e. The van der Waals surface area contributed by atoms with Crippen molar-refractivity contribution < 1.29 is 4.57 Å². The molecule has 10 rings (SSSR count). The van der Waals surface area contributed by atoms with Crippen LogP contribution in [-0.4, -0.2) is 19.9 Å². The first-order valence-corrected chi connectivity index (χ1v) is 20.9. The van der Waals surface area contributed by atoms with Crippen molar-refractivity contribution in [3.05, 3.63) is 213 Å². The molecule has 6 heteroatoms. The molecular formula is C52H35N4OP. The van der Waals surface area contributed by atoms with Gasteiger partial charge >= 0.3 is 0 Å². The molecule has 0 N–H and O–H groups in total. The fourth-order valence-electron chi connectivity index (χ4n) is 7.73. The Bertz CT molecular complexity index is 2920.